The van der Waals surface area contributed by atoms with Gasteiger partial charge >= 0.3 is 23.9 Å². The van der Waals surface area contributed by atoms with E-state index in [-0.39, 0.29) is 39.5 Å². The van der Waals surface area contributed by atoms with E-state index in [1.165, 1.54) is 54.6 Å². The zero-order valence-corrected chi connectivity index (χ0v) is 37.3. The molecule has 0 aliphatic carbocycles. The molecular formula is C50H54O12. The van der Waals surface area contributed by atoms with E-state index in [1.54, 1.807) is 48.5 Å². The number of esters is 3. The SMILES string of the molecule is CC(C)(C)Oc1cc(OC(C)(C)C)cc(C(=O)Oc2cc(OC(=O)c3cc(OC(C)(C)C)cc(OC(C)(C)C)c3)cc(C(=O)Oc3ccc(-c4ccc(C(=O)O)cc4)cc3)c2)c1. The number of carboxylic acids is 1. The van der Waals surface area contributed by atoms with Gasteiger partial charge < -0.3 is 38.3 Å². The second-order valence-corrected chi connectivity index (χ2v) is 18.5. The third kappa shape index (κ3) is 14.1. The molecule has 0 radical (unpaired) electrons. The van der Waals surface area contributed by atoms with Crippen LogP contribution in [0.3, 0.4) is 0 Å². The molecule has 12 nitrogen and oxygen atoms in total. The fourth-order valence-electron chi connectivity index (χ4n) is 5.86. The molecule has 5 rings (SSSR count). The first-order chi connectivity index (χ1) is 28.7. The maximum Gasteiger partial charge on any atom is 0.343 e. The first kappa shape index (κ1) is 46.2. The molecule has 5 aromatic carbocycles. The number of benzene rings is 5. The van der Waals surface area contributed by atoms with Gasteiger partial charge in [-0.15, -0.1) is 0 Å². The van der Waals surface area contributed by atoms with E-state index in [0.29, 0.717) is 23.0 Å². The lowest BCUT2D eigenvalue weighted by atomic mass is 10.0. The van der Waals surface area contributed by atoms with Gasteiger partial charge in [0.25, 0.3) is 0 Å². The molecule has 0 spiro atoms. The molecule has 0 amide bonds. The van der Waals surface area contributed by atoms with Crippen molar-refractivity contribution in [2.75, 3.05) is 0 Å². The van der Waals surface area contributed by atoms with Gasteiger partial charge in [-0.2, -0.15) is 0 Å². The van der Waals surface area contributed by atoms with Crippen LogP contribution in [-0.2, 0) is 0 Å². The summed E-state index contributed by atoms with van der Waals surface area (Å²) in [5.74, 6) is -2.10. The summed E-state index contributed by atoms with van der Waals surface area (Å²) in [6.45, 7) is 22.5. The Hall–Kier alpha value is -6.82. The monoisotopic (exact) mass is 846 g/mol. The van der Waals surface area contributed by atoms with Crippen LogP contribution < -0.4 is 33.2 Å². The lowest BCUT2D eigenvalue weighted by Gasteiger charge is -2.25. The van der Waals surface area contributed by atoms with Gasteiger partial charge in [0.2, 0.25) is 0 Å². The fourth-order valence-corrected chi connectivity index (χ4v) is 5.86. The maximum atomic E-state index is 13.9. The molecule has 12 heteroatoms. The van der Waals surface area contributed by atoms with Crippen LogP contribution in [0.15, 0.2) is 103 Å². The summed E-state index contributed by atoms with van der Waals surface area (Å²) in [6, 6.07) is 26.3. The number of carboxylic acid groups (broad SMARTS) is 1. The van der Waals surface area contributed by atoms with E-state index in [2.05, 4.69) is 0 Å². The molecule has 0 saturated heterocycles. The van der Waals surface area contributed by atoms with Crippen molar-refractivity contribution >= 4 is 23.9 Å². The van der Waals surface area contributed by atoms with Gasteiger partial charge in [0.15, 0.2) is 0 Å². The second kappa shape index (κ2) is 18.0. The highest BCUT2D eigenvalue weighted by molar-refractivity contribution is 5.96. The van der Waals surface area contributed by atoms with Crippen LogP contribution in [0.25, 0.3) is 11.1 Å². The van der Waals surface area contributed by atoms with Crippen molar-refractivity contribution in [1.29, 1.82) is 0 Å². The molecule has 0 aromatic heterocycles. The topological polar surface area (TPSA) is 153 Å². The Morgan fingerprint density at radius 2 is 0.597 bits per heavy atom. The molecule has 0 aliphatic rings. The van der Waals surface area contributed by atoms with Crippen LogP contribution in [0, 0.1) is 0 Å². The lowest BCUT2D eigenvalue weighted by molar-refractivity contribution is 0.0691. The van der Waals surface area contributed by atoms with Crippen LogP contribution in [-0.4, -0.2) is 51.4 Å². The first-order valence-electron chi connectivity index (χ1n) is 20.0. The minimum Gasteiger partial charge on any atom is -0.488 e. The number of carbonyl (C=O) groups excluding carboxylic acids is 3. The largest absolute Gasteiger partial charge is 0.488 e. The predicted molar refractivity (Wildman–Crippen MR) is 235 cm³/mol. The number of rotatable bonds is 12. The van der Waals surface area contributed by atoms with Crippen molar-refractivity contribution in [2.45, 2.75) is 105 Å². The fraction of sp³-hybridized carbons (Fsp3) is 0.320. The molecule has 0 unspecified atom stereocenters. The molecule has 326 valence electrons. The highest BCUT2D eigenvalue weighted by Crippen LogP contribution is 2.33. The van der Waals surface area contributed by atoms with Crippen molar-refractivity contribution in [1.82, 2.24) is 0 Å². The Kier molecular flexibility index (Phi) is 13.5. The highest BCUT2D eigenvalue weighted by Gasteiger charge is 2.24. The Labute approximate surface area is 362 Å². The van der Waals surface area contributed by atoms with Gasteiger partial charge in [-0.05, 0) is 155 Å². The van der Waals surface area contributed by atoms with Crippen LogP contribution in [0.5, 0.6) is 40.2 Å². The highest BCUT2D eigenvalue weighted by atomic mass is 16.6. The third-order valence-electron chi connectivity index (χ3n) is 7.99. The van der Waals surface area contributed by atoms with E-state index >= 15 is 0 Å². The van der Waals surface area contributed by atoms with E-state index in [9.17, 15) is 24.3 Å². The van der Waals surface area contributed by atoms with Gasteiger partial charge in [-0.3, -0.25) is 0 Å². The summed E-state index contributed by atoms with van der Waals surface area (Å²) in [5.41, 5.74) is -0.630. The maximum absolute atomic E-state index is 13.9. The number of carbonyl (C=O) groups is 4. The Balaban J connectivity index is 1.50. The van der Waals surface area contributed by atoms with Crippen molar-refractivity contribution in [3.63, 3.8) is 0 Å². The molecule has 0 fully saturated rings. The van der Waals surface area contributed by atoms with E-state index < -0.39 is 46.3 Å². The zero-order valence-electron chi connectivity index (χ0n) is 37.3. The molecule has 1 N–H and O–H groups in total. The standard InChI is InChI=1S/C50H54O12/c1-47(2,3)59-39-23-34(24-40(28-39)60-48(4,5)6)45(54)57-37-21-33(44(53)56-36-19-17-31(18-20-36)30-13-15-32(16-14-30)43(51)52)22-38(27-37)58-46(55)35-25-41(61-49(7,8)9)29-42(26-35)62-50(10,11)12/h13-29H,1-12H3,(H,51,52). The average Bonchev–Trinajstić information content (AvgIpc) is 3.12. The van der Waals surface area contributed by atoms with E-state index in [1.807, 2.05) is 83.1 Å². The van der Waals surface area contributed by atoms with Crippen LogP contribution in [0.1, 0.15) is 125 Å². The minimum absolute atomic E-state index is 0.0947. The third-order valence-corrected chi connectivity index (χ3v) is 7.99. The van der Waals surface area contributed by atoms with E-state index in [0.717, 1.165) is 11.1 Å². The summed E-state index contributed by atoms with van der Waals surface area (Å²) in [5, 5.41) is 9.24. The van der Waals surface area contributed by atoms with Gasteiger partial charge in [-0.25, -0.2) is 19.2 Å². The van der Waals surface area contributed by atoms with Crippen molar-refractivity contribution < 1.29 is 57.4 Å². The quantitative estimate of drug-likeness (QED) is 0.0939. The number of hydrogen-bond donors (Lipinski definition) is 1. The van der Waals surface area contributed by atoms with Gasteiger partial charge in [0.1, 0.15) is 62.7 Å². The molecule has 5 aromatic rings. The molecule has 0 saturated carbocycles. The summed E-state index contributed by atoms with van der Waals surface area (Å²) >= 11 is 0. The van der Waals surface area contributed by atoms with Crippen LogP contribution in [0.2, 0.25) is 0 Å². The van der Waals surface area contributed by atoms with Crippen molar-refractivity contribution in [3.8, 4) is 51.4 Å². The summed E-state index contributed by atoms with van der Waals surface area (Å²) in [6.07, 6.45) is 0. The summed E-state index contributed by atoms with van der Waals surface area (Å²) in [7, 11) is 0. The summed E-state index contributed by atoms with van der Waals surface area (Å²) in [4.78, 5) is 52.8. The zero-order chi connectivity index (χ0) is 45.8. The van der Waals surface area contributed by atoms with Crippen molar-refractivity contribution in [3.05, 3.63) is 125 Å². The predicted octanol–water partition coefficient (Wildman–Crippen LogP) is 11.4. The normalized spacial score (nSPS) is 11.9. The molecule has 0 aliphatic heterocycles. The smallest absolute Gasteiger partial charge is 0.343 e. The molecule has 0 heterocycles. The minimum atomic E-state index is -1.03. The van der Waals surface area contributed by atoms with E-state index in [4.69, 9.17) is 33.2 Å². The van der Waals surface area contributed by atoms with Gasteiger partial charge in [-0.1, -0.05) is 24.3 Å². The van der Waals surface area contributed by atoms with Gasteiger partial charge in [0, 0.05) is 18.2 Å². The summed E-state index contributed by atoms with van der Waals surface area (Å²) < 4.78 is 41.7. The lowest BCUT2D eigenvalue weighted by Crippen LogP contribution is -2.25. The Morgan fingerprint density at radius 3 is 0.887 bits per heavy atom. The molecular weight excluding hydrogens is 793 g/mol. The Bertz CT molecular complexity index is 2260. The number of aromatic carboxylic acids is 1. The van der Waals surface area contributed by atoms with Crippen LogP contribution in [0.4, 0.5) is 0 Å². The number of ether oxygens (including phenoxy) is 7. The molecule has 0 atom stereocenters. The van der Waals surface area contributed by atoms with Gasteiger partial charge in [0.05, 0.1) is 22.3 Å². The molecule has 0 bridgehead atoms. The van der Waals surface area contributed by atoms with Crippen molar-refractivity contribution in [2.24, 2.45) is 0 Å². The van der Waals surface area contributed by atoms with Crippen LogP contribution >= 0.6 is 0 Å². The Morgan fingerprint density at radius 1 is 0.339 bits per heavy atom. The first-order valence-corrected chi connectivity index (χ1v) is 20.0. The second-order valence-electron chi connectivity index (χ2n) is 18.5. The molecule has 62 heavy (non-hydrogen) atoms. The number of hydrogen-bond acceptors (Lipinski definition) is 11. The average molecular weight is 847 g/mol.